The summed E-state index contributed by atoms with van der Waals surface area (Å²) in [6.45, 7) is -1.39. The maximum atomic E-state index is 12.0. The average Bonchev–Trinajstić information content (AvgIpc) is 2.99. The summed E-state index contributed by atoms with van der Waals surface area (Å²) in [4.78, 5) is 23.3. The van der Waals surface area contributed by atoms with Crippen molar-refractivity contribution in [2.75, 3.05) is 11.9 Å². The maximum absolute atomic E-state index is 12.0. The lowest BCUT2D eigenvalue weighted by molar-refractivity contribution is -0.123. The Balaban J connectivity index is 1.95. The molecule has 0 aliphatic carbocycles. The largest absolute Gasteiger partial charge is 0.405 e. The van der Waals surface area contributed by atoms with Gasteiger partial charge >= 0.3 is 6.18 Å². The van der Waals surface area contributed by atoms with E-state index in [4.69, 9.17) is 0 Å². The zero-order chi connectivity index (χ0) is 16.2. The molecular formula is C14H11F3N2O2S. The highest BCUT2D eigenvalue weighted by atomic mass is 32.1. The third kappa shape index (κ3) is 4.59. The molecule has 0 fully saturated rings. The molecule has 1 heterocycles. The molecule has 0 unspecified atom stereocenters. The Morgan fingerprint density at radius 3 is 2.23 bits per heavy atom. The summed E-state index contributed by atoms with van der Waals surface area (Å²) in [7, 11) is 0. The van der Waals surface area contributed by atoms with Crippen LogP contribution >= 0.6 is 11.3 Å². The molecule has 22 heavy (non-hydrogen) atoms. The predicted octanol–water partition coefficient (Wildman–Crippen LogP) is 3.29. The van der Waals surface area contributed by atoms with Crippen molar-refractivity contribution in [1.29, 1.82) is 0 Å². The Morgan fingerprint density at radius 1 is 1.00 bits per heavy atom. The van der Waals surface area contributed by atoms with Gasteiger partial charge in [0.15, 0.2) is 0 Å². The number of thiophene rings is 1. The second kappa shape index (κ2) is 6.61. The van der Waals surface area contributed by atoms with E-state index in [9.17, 15) is 22.8 Å². The van der Waals surface area contributed by atoms with E-state index in [0.717, 1.165) is 0 Å². The second-order valence-electron chi connectivity index (χ2n) is 4.34. The first-order chi connectivity index (χ1) is 10.3. The SMILES string of the molecule is O=C(NCC(F)(F)F)c1ccc(NC(=O)c2ccsc2)cc1. The van der Waals surface area contributed by atoms with Crippen molar-refractivity contribution < 1.29 is 22.8 Å². The van der Waals surface area contributed by atoms with Gasteiger partial charge in [0.2, 0.25) is 0 Å². The number of rotatable bonds is 4. The van der Waals surface area contributed by atoms with Gasteiger partial charge < -0.3 is 10.6 Å². The lowest BCUT2D eigenvalue weighted by atomic mass is 10.2. The van der Waals surface area contributed by atoms with Crippen molar-refractivity contribution in [3.63, 3.8) is 0 Å². The van der Waals surface area contributed by atoms with Crippen LogP contribution in [0.5, 0.6) is 0 Å². The summed E-state index contributed by atoms with van der Waals surface area (Å²) in [5, 5.41) is 7.85. The molecule has 0 saturated carbocycles. The molecule has 2 rings (SSSR count). The predicted molar refractivity (Wildman–Crippen MR) is 77.1 cm³/mol. The molecule has 0 spiro atoms. The molecule has 1 aromatic heterocycles. The third-order valence-corrected chi connectivity index (χ3v) is 3.32. The molecule has 2 N–H and O–H groups in total. The summed E-state index contributed by atoms with van der Waals surface area (Å²) in [6, 6.07) is 7.25. The number of nitrogens with one attached hydrogen (secondary N) is 2. The first-order valence-electron chi connectivity index (χ1n) is 6.14. The Bertz CT molecular complexity index is 652. The molecule has 0 bridgehead atoms. The van der Waals surface area contributed by atoms with Gasteiger partial charge in [0, 0.05) is 16.6 Å². The molecule has 8 heteroatoms. The van der Waals surface area contributed by atoms with Gasteiger partial charge in [0.25, 0.3) is 11.8 Å². The first-order valence-corrected chi connectivity index (χ1v) is 7.08. The van der Waals surface area contributed by atoms with Gasteiger partial charge in [-0.3, -0.25) is 9.59 Å². The minimum absolute atomic E-state index is 0.0813. The molecule has 0 atom stereocenters. The number of hydrogen-bond acceptors (Lipinski definition) is 3. The monoisotopic (exact) mass is 328 g/mol. The number of amides is 2. The standard InChI is InChI=1S/C14H11F3N2O2S/c15-14(16,17)8-18-12(20)9-1-3-11(4-2-9)19-13(21)10-5-6-22-7-10/h1-7H,8H2,(H,18,20)(H,19,21). The molecule has 0 aliphatic rings. The van der Waals surface area contributed by atoms with Gasteiger partial charge in [-0.05, 0) is 35.7 Å². The van der Waals surface area contributed by atoms with E-state index in [1.165, 1.54) is 35.6 Å². The van der Waals surface area contributed by atoms with Crippen LogP contribution in [0.3, 0.4) is 0 Å². The highest BCUT2D eigenvalue weighted by Crippen LogP contribution is 2.15. The summed E-state index contributed by atoms with van der Waals surface area (Å²) in [5.41, 5.74) is 1.04. The van der Waals surface area contributed by atoms with Gasteiger partial charge in [-0.15, -0.1) is 0 Å². The molecule has 0 radical (unpaired) electrons. The zero-order valence-electron chi connectivity index (χ0n) is 11.1. The van der Waals surface area contributed by atoms with E-state index in [2.05, 4.69) is 5.32 Å². The number of carbonyl (C=O) groups excluding carboxylic acids is 2. The van der Waals surface area contributed by atoms with E-state index in [1.807, 2.05) is 0 Å². The summed E-state index contributed by atoms with van der Waals surface area (Å²) in [5.74, 6) is -1.12. The molecule has 0 aliphatic heterocycles. The van der Waals surface area contributed by atoms with Crippen molar-refractivity contribution in [3.05, 3.63) is 52.2 Å². The Morgan fingerprint density at radius 2 is 1.68 bits per heavy atom. The van der Waals surface area contributed by atoms with Crippen LogP contribution in [0, 0.1) is 0 Å². The Labute approximate surface area is 128 Å². The fraction of sp³-hybridized carbons (Fsp3) is 0.143. The molecule has 116 valence electrons. The van der Waals surface area contributed by atoms with Gasteiger partial charge in [-0.2, -0.15) is 24.5 Å². The molecule has 2 amide bonds. The van der Waals surface area contributed by atoms with Crippen LogP contribution in [0.4, 0.5) is 18.9 Å². The van der Waals surface area contributed by atoms with Crippen molar-refractivity contribution >= 4 is 28.8 Å². The molecule has 0 saturated heterocycles. The number of alkyl halides is 3. The Hall–Kier alpha value is -2.35. The number of carbonyl (C=O) groups is 2. The fourth-order valence-corrected chi connectivity index (χ4v) is 2.22. The first kappa shape index (κ1) is 16.0. The fourth-order valence-electron chi connectivity index (χ4n) is 1.58. The second-order valence-corrected chi connectivity index (χ2v) is 5.12. The molecule has 1 aromatic carbocycles. The summed E-state index contributed by atoms with van der Waals surface area (Å²) < 4.78 is 36.0. The minimum Gasteiger partial charge on any atom is -0.343 e. The van der Waals surface area contributed by atoms with Crippen molar-refractivity contribution in [2.24, 2.45) is 0 Å². The van der Waals surface area contributed by atoms with Gasteiger partial charge in [0.05, 0.1) is 5.56 Å². The van der Waals surface area contributed by atoms with Crippen molar-refractivity contribution in [3.8, 4) is 0 Å². The zero-order valence-corrected chi connectivity index (χ0v) is 11.9. The van der Waals surface area contributed by atoms with Crippen LogP contribution in [0.15, 0.2) is 41.1 Å². The summed E-state index contributed by atoms with van der Waals surface area (Å²) >= 11 is 1.39. The summed E-state index contributed by atoms with van der Waals surface area (Å²) in [6.07, 6.45) is -4.45. The lowest BCUT2D eigenvalue weighted by Gasteiger charge is -2.09. The van der Waals surface area contributed by atoms with E-state index in [1.54, 1.807) is 22.1 Å². The van der Waals surface area contributed by atoms with E-state index in [-0.39, 0.29) is 11.5 Å². The average molecular weight is 328 g/mol. The number of halogens is 3. The quantitative estimate of drug-likeness (QED) is 0.905. The Kier molecular flexibility index (Phi) is 4.81. The van der Waals surface area contributed by atoms with E-state index in [0.29, 0.717) is 11.3 Å². The minimum atomic E-state index is -4.45. The third-order valence-electron chi connectivity index (χ3n) is 2.64. The highest BCUT2D eigenvalue weighted by molar-refractivity contribution is 7.08. The molecule has 4 nitrogen and oxygen atoms in total. The van der Waals surface area contributed by atoms with Crippen LogP contribution in [-0.4, -0.2) is 24.5 Å². The number of anilines is 1. The van der Waals surface area contributed by atoms with Crippen LogP contribution in [0.2, 0.25) is 0 Å². The van der Waals surface area contributed by atoms with Crippen LogP contribution in [-0.2, 0) is 0 Å². The van der Waals surface area contributed by atoms with Crippen LogP contribution in [0.25, 0.3) is 0 Å². The van der Waals surface area contributed by atoms with E-state index < -0.39 is 18.6 Å². The van der Waals surface area contributed by atoms with E-state index >= 15 is 0 Å². The maximum Gasteiger partial charge on any atom is 0.405 e. The van der Waals surface area contributed by atoms with Crippen LogP contribution < -0.4 is 10.6 Å². The van der Waals surface area contributed by atoms with Gasteiger partial charge in [0.1, 0.15) is 6.54 Å². The van der Waals surface area contributed by atoms with Crippen molar-refractivity contribution in [1.82, 2.24) is 5.32 Å². The molecular weight excluding hydrogens is 317 g/mol. The molecule has 2 aromatic rings. The number of benzene rings is 1. The highest BCUT2D eigenvalue weighted by Gasteiger charge is 2.27. The van der Waals surface area contributed by atoms with Gasteiger partial charge in [-0.25, -0.2) is 0 Å². The topological polar surface area (TPSA) is 58.2 Å². The normalized spacial score (nSPS) is 11.0. The lowest BCUT2D eigenvalue weighted by Crippen LogP contribution is -2.33. The van der Waals surface area contributed by atoms with Crippen LogP contribution in [0.1, 0.15) is 20.7 Å². The van der Waals surface area contributed by atoms with Crippen molar-refractivity contribution in [2.45, 2.75) is 6.18 Å². The van der Waals surface area contributed by atoms with Gasteiger partial charge in [-0.1, -0.05) is 0 Å². The smallest absolute Gasteiger partial charge is 0.343 e. The number of hydrogen-bond donors (Lipinski definition) is 2.